The lowest BCUT2D eigenvalue weighted by Gasteiger charge is -2.36. The minimum atomic E-state index is -4.49. The van der Waals surface area contributed by atoms with E-state index in [1.54, 1.807) is 0 Å². The first-order valence-electron chi connectivity index (χ1n) is 11.4. The summed E-state index contributed by atoms with van der Waals surface area (Å²) in [5.41, 5.74) is 0.375. The zero-order chi connectivity index (χ0) is 23.5. The molecule has 4 rings (SSSR count). The van der Waals surface area contributed by atoms with Crippen molar-refractivity contribution in [2.24, 2.45) is 5.92 Å². The Morgan fingerprint density at radius 3 is 2.12 bits per heavy atom. The van der Waals surface area contributed by atoms with E-state index in [9.17, 15) is 21.6 Å². The van der Waals surface area contributed by atoms with Crippen LogP contribution in [0.1, 0.15) is 24.8 Å². The summed E-state index contributed by atoms with van der Waals surface area (Å²) >= 11 is 0. The minimum Gasteiger partial charge on any atom is -0.369 e. The molecule has 5 nitrogen and oxygen atoms in total. The molecular weight excluding hydrogens is 451 g/mol. The van der Waals surface area contributed by atoms with E-state index in [0.717, 1.165) is 69.8 Å². The number of nitrogens with zero attached hydrogens (tertiary/aromatic N) is 3. The molecule has 0 spiro atoms. The predicted molar refractivity (Wildman–Crippen MR) is 123 cm³/mol. The molecule has 9 heteroatoms. The Morgan fingerprint density at radius 2 is 1.55 bits per heavy atom. The zero-order valence-corrected chi connectivity index (χ0v) is 19.4. The van der Waals surface area contributed by atoms with Gasteiger partial charge in [0, 0.05) is 45.0 Å². The Labute approximate surface area is 193 Å². The summed E-state index contributed by atoms with van der Waals surface area (Å²) in [7, 11) is -3.83. The van der Waals surface area contributed by atoms with Crippen LogP contribution in [-0.4, -0.2) is 63.4 Å². The maximum Gasteiger partial charge on any atom is 0.416 e. The summed E-state index contributed by atoms with van der Waals surface area (Å²) in [5, 5.41) is 0. The summed E-state index contributed by atoms with van der Waals surface area (Å²) < 4.78 is 66.3. The summed E-state index contributed by atoms with van der Waals surface area (Å²) in [6, 6.07) is 14.1. The first-order valence-corrected chi connectivity index (χ1v) is 12.9. The molecule has 0 N–H and O–H groups in total. The van der Waals surface area contributed by atoms with Crippen molar-refractivity contribution in [2.45, 2.75) is 30.3 Å². The van der Waals surface area contributed by atoms with Crippen molar-refractivity contribution in [2.75, 3.05) is 50.7 Å². The van der Waals surface area contributed by atoms with Gasteiger partial charge in [-0.15, -0.1) is 0 Å². The van der Waals surface area contributed by atoms with Gasteiger partial charge in [0.2, 0.25) is 10.0 Å². The number of hydrogen-bond donors (Lipinski definition) is 0. The Morgan fingerprint density at radius 1 is 0.909 bits per heavy atom. The molecule has 2 aromatic rings. The molecule has 2 aliphatic rings. The molecule has 0 unspecified atom stereocenters. The van der Waals surface area contributed by atoms with Gasteiger partial charge in [-0.1, -0.05) is 18.2 Å². The number of sulfonamides is 1. The van der Waals surface area contributed by atoms with Crippen molar-refractivity contribution < 1.29 is 21.6 Å². The summed E-state index contributed by atoms with van der Waals surface area (Å²) in [6.45, 7) is 5.31. The Kier molecular flexibility index (Phi) is 7.31. The van der Waals surface area contributed by atoms with Gasteiger partial charge >= 0.3 is 6.18 Å². The van der Waals surface area contributed by atoms with Crippen LogP contribution < -0.4 is 4.90 Å². The molecule has 1 aliphatic heterocycles. The third-order valence-electron chi connectivity index (χ3n) is 6.35. The fourth-order valence-corrected chi connectivity index (χ4v) is 5.76. The van der Waals surface area contributed by atoms with Crippen LogP contribution in [0.15, 0.2) is 59.5 Å². The maximum atomic E-state index is 13.2. The lowest BCUT2D eigenvalue weighted by atomic mass is 10.2. The SMILES string of the molecule is O=S(=O)(c1ccc(C(F)(F)F)cc1)N(CCCN1CCN(c2ccccc2)CC1)CC1CC1. The molecule has 33 heavy (non-hydrogen) atoms. The lowest BCUT2D eigenvalue weighted by molar-refractivity contribution is -0.137. The van der Waals surface area contributed by atoms with Crippen molar-refractivity contribution in [3.05, 3.63) is 60.2 Å². The number of rotatable bonds is 9. The number of benzene rings is 2. The number of para-hydroxylation sites is 1. The molecule has 2 aromatic carbocycles. The number of hydrogen-bond acceptors (Lipinski definition) is 4. The third-order valence-corrected chi connectivity index (χ3v) is 8.23. The van der Waals surface area contributed by atoms with E-state index in [0.29, 0.717) is 25.4 Å². The van der Waals surface area contributed by atoms with Crippen LogP contribution in [0.25, 0.3) is 0 Å². The number of alkyl halides is 3. The van der Waals surface area contributed by atoms with Crippen LogP contribution in [-0.2, 0) is 16.2 Å². The average Bonchev–Trinajstić information content (AvgIpc) is 3.63. The average molecular weight is 482 g/mol. The van der Waals surface area contributed by atoms with Gasteiger partial charge in [0.05, 0.1) is 10.5 Å². The highest BCUT2D eigenvalue weighted by Crippen LogP contribution is 2.33. The van der Waals surface area contributed by atoms with Crippen LogP contribution in [0.2, 0.25) is 0 Å². The van der Waals surface area contributed by atoms with Crippen LogP contribution in [0.4, 0.5) is 18.9 Å². The predicted octanol–water partition coefficient (Wildman–Crippen LogP) is 4.32. The third kappa shape index (κ3) is 6.28. The number of anilines is 1. The van der Waals surface area contributed by atoms with Gasteiger partial charge in [0.25, 0.3) is 0 Å². The highest BCUT2D eigenvalue weighted by Gasteiger charge is 2.34. The maximum absolute atomic E-state index is 13.2. The Balaban J connectivity index is 1.32. The normalized spacial score (nSPS) is 18.1. The Bertz CT molecular complexity index is 1000. The fourth-order valence-electron chi connectivity index (χ4n) is 4.20. The zero-order valence-electron chi connectivity index (χ0n) is 18.5. The molecule has 180 valence electrons. The molecule has 1 saturated carbocycles. The van der Waals surface area contributed by atoms with Gasteiger partial charge in [-0.05, 0) is 68.1 Å². The number of halogens is 3. The van der Waals surface area contributed by atoms with Crippen LogP contribution in [0.3, 0.4) is 0 Å². The van der Waals surface area contributed by atoms with Crippen molar-refractivity contribution in [3.8, 4) is 0 Å². The van der Waals surface area contributed by atoms with E-state index in [4.69, 9.17) is 0 Å². The largest absolute Gasteiger partial charge is 0.416 e. The molecule has 1 aliphatic carbocycles. The molecule has 0 atom stereocenters. The molecule has 1 heterocycles. The molecule has 1 saturated heterocycles. The monoisotopic (exact) mass is 481 g/mol. The first kappa shape index (κ1) is 24.0. The van der Waals surface area contributed by atoms with Gasteiger partial charge in [-0.2, -0.15) is 17.5 Å². The van der Waals surface area contributed by atoms with E-state index in [1.807, 2.05) is 18.2 Å². The van der Waals surface area contributed by atoms with Crippen LogP contribution in [0.5, 0.6) is 0 Å². The molecule has 0 radical (unpaired) electrons. The van der Waals surface area contributed by atoms with Crippen LogP contribution in [0, 0.1) is 5.92 Å². The lowest BCUT2D eigenvalue weighted by Crippen LogP contribution is -2.47. The second-order valence-corrected chi connectivity index (χ2v) is 10.8. The molecule has 0 bridgehead atoms. The van der Waals surface area contributed by atoms with Gasteiger partial charge < -0.3 is 4.90 Å². The smallest absolute Gasteiger partial charge is 0.369 e. The highest BCUT2D eigenvalue weighted by molar-refractivity contribution is 7.89. The van der Waals surface area contributed by atoms with Crippen molar-refractivity contribution in [1.29, 1.82) is 0 Å². The van der Waals surface area contributed by atoms with Crippen LogP contribution >= 0.6 is 0 Å². The van der Waals surface area contributed by atoms with E-state index >= 15 is 0 Å². The topological polar surface area (TPSA) is 43.9 Å². The second-order valence-electron chi connectivity index (χ2n) is 8.85. The molecule has 0 amide bonds. The van der Waals surface area contributed by atoms with Gasteiger partial charge in [-0.3, -0.25) is 4.90 Å². The molecular formula is C24H30F3N3O2S. The van der Waals surface area contributed by atoms with Gasteiger partial charge in [-0.25, -0.2) is 8.42 Å². The van der Waals surface area contributed by atoms with E-state index in [-0.39, 0.29) is 4.90 Å². The van der Waals surface area contributed by atoms with E-state index in [1.165, 1.54) is 9.99 Å². The van der Waals surface area contributed by atoms with E-state index in [2.05, 4.69) is 21.9 Å². The van der Waals surface area contributed by atoms with Gasteiger partial charge in [0.1, 0.15) is 0 Å². The van der Waals surface area contributed by atoms with Crippen molar-refractivity contribution in [3.63, 3.8) is 0 Å². The summed E-state index contributed by atoms with van der Waals surface area (Å²) in [6.07, 6.45) is -1.79. The minimum absolute atomic E-state index is 0.0763. The van der Waals surface area contributed by atoms with Crippen molar-refractivity contribution in [1.82, 2.24) is 9.21 Å². The molecule has 2 fully saturated rings. The quantitative estimate of drug-likeness (QED) is 0.535. The van der Waals surface area contributed by atoms with Gasteiger partial charge in [0.15, 0.2) is 0 Å². The van der Waals surface area contributed by atoms with Crippen molar-refractivity contribution >= 4 is 15.7 Å². The Hall–Kier alpha value is -2.10. The van der Waals surface area contributed by atoms with E-state index < -0.39 is 21.8 Å². The summed E-state index contributed by atoms with van der Waals surface area (Å²) in [4.78, 5) is 4.62. The standard InChI is InChI=1S/C24H30F3N3O2S/c25-24(26,27)21-9-11-23(12-10-21)33(31,32)30(19-20-7-8-20)14-4-13-28-15-17-29(18-16-28)22-5-2-1-3-6-22/h1-3,5-6,9-12,20H,4,7-8,13-19H2. The fraction of sp³-hybridized carbons (Fsp3) is 0.500. The first-order chi connectivity index (χ1) is 15.7. The number of piperazine rings is 1. The second kappa shape index (κ2) is 10.0. The molecule has 0 aromatic heterocycles. The highest BCUT2D eigenvalue weighted by atomic mass is 32.2. The summed E-state index contributed by atoms with van der Waals surface area (Å²) in [5.74, 6) is 0.351.